The van der Waals surface area contributed by atoms with Crippen LogP contribution in [0.4, 0.5) is 24.9 Å². The summed E-state index contributed by atoms with van der Waals surface area (Å²) in [7, 11) is 0. The van der Waals surface area contributed by atoms with Gasteiger partial charge in [0, 0.05) is 18.3 Å². The van der Waals surface area contributed by atoms with E-state index in [1.807, 2.05) is 0 Å². The van der Waals surface area contributed by atoms with Crippen molar-refractivity contribution in [3.05, 3.63) is 11.8 Å². The van der Waals surface area contributed by atoms with Gasteiger partial charge in [-0.2, -0.15) is 18.2 Å². The molecule has 0 aromatic carbocycles. The van der Waals surface area contributed by atoms with Crippen LogP contribution >= 0.6 is 0 Å². The van der Waals surface area contributed by atoms with Gasteiger partial charge < -0.3 is 26.2 Å². The van der Waals surface area contributed by atoms with Crippen molar-refractivity contribution in [2.24, 2.45) is 5.73 Å². The first kappa shape index (κ1) is 22.5. The first-order valence-electron chi connectivity index (χ1n) is 10.3. The average molecular weight is 431 g/mol. The summed E-state index contributed by atoms with van der Waals surface area (Å²) in [6.07, 6.45) is 1.57. The van der Waals surface area contributed by atoms with Crippen molar-refractivity contribution in [1.82, 2.24) is 9.97 Å². The fourth-order valence-electron chi connectivity index (χ4n) is 4.00. The van der Waals surface area contributed by atoms with Gasteiger partial charge in [0.25, 0.3) is 5.91 Å². The lowest BCUT2D eigenvalue weighted by molar-refractivity contribution is -0.187. The van der Waals surface area contributed by atoms with Gasteiger partial charge in [0.1, 0.15) is 12.4 Å². The maximum absolute atomic E-state index is 12.3. The topological polar surface area (TPSA) is 122 Å². The Balaban J connectivity index is 1.58. The number of amides is 1. The third kappa shape index (κ3) is 6.69. The largest absolute Gasteiger partial charge is 0.411 e. The summed E-state index contributed by atoms with van der Waals surface area (Å²) in [6, 6.07) is -0.0182. The third-order valence-corrected chi connectivity index (χ3v) is 5.53. The maximum Gasteiger partial charge on any atom is 0.411 e. The van der Waals surface area contributed by atoms with E-state index >= 15 is 0 Å². The number of ether oxygens (including phenoxy) is 1. The van der Waals surface area contributed by atoms with E-state index in [4.69, 9.17) is 10.5 Å². The van der Waals surface area contributed by atoms with E-state index in [9.17, 15) is 23.1 Å². The number of carbonyl (C=O) groups is 1. The molecule has 5 N–H and O–H groups in total. The van der Waals surface area contributed by atoms with Crippen LogP contribution in [0.3, 0.4) is 0 Å². The molecule has 168 valence electrons. The molecule has 8 nitrogen and oxygen atoms in total. The van der Waals surface area contributed by atoms with E-state index < -0.39 is 24.8 Å². The highest BCUT2D eigenvalue weighted by Gasteiger charge is 2.31. The number of aliphatic hydroxyl groups is 1. The molecule has 0 bridgehead atoms. The molecule has 1 aromatic rings. The average Bonchev–Trinajstić information content (AvgIpc) is 2.67. The van der Waals surface area contributed by atoms with E-state index in [2.05, 4.69) is 20.6 Å². The second-order valence-electron chi connectivity index (χ2n) is 8.03. The van der Waals surface area contributed by atoms with Crippen LogP contribution in [0.15, 0.2) is 6.20 Å². The number of carbonyl (C=O) groups excluding carboxylic acids is 1. The fraction of sp³-hybridized carbons (Fsp3) is 0.737. The predicted octanol–water partition coefficient (Wildman–Crippen LogP) is 2.59. The number of hydrogen-bond acceptors (Lipinski definition) is 7. The minimum Gasteiger partial charge on any atom is -0.393 e. The number of aliphatic hydroxyl groups excluding tert-OH is 1. The molecule has 0 saturated heterocycles. The lowest BCUT2D eigenvalue weighted by Crippen LogP contribution is -2.33. The van der Waals surface area contributed by atoms with Gasteiger partial charge in [-0.25, -0.2) is 4.98 Å². The van der Waals surface area contributed by atoms with Crippen molar-refractivity contribution in [3.8, 4) is 0 Å². The summed E-state index contributed by atoms with van der Waals surface area (Å²) in [5, 5.41) is 16.2. The normalized spacial score (nSPS) is 27.5. The van der Waals surface area contributed by atoms with Crippen molar-refractivity contribution < 1.29 is 27.8 Å². The smallest absolute Gasteiger partial charge is 0.393 e. The lowest BCUT2D eigenvalue weighted by Gasteiger charge is -2.30. The van der Waals surface area contributed by atoms with Gasteiger partial charge in [0.05, 0.1) is 17.8 Å². The molecule has 2 fully saturated rings. The molecule has 2 atom stereocenters. The van der Waals surface area contributed by atoms with Crippen LogP contribution in [0.5, 0.6) is 0 Å². The first-order valence-corrected chi connectivity index (χ1v) is 10.3. The van der Waals surface area contributed by atoms with Crippen LogP contribution in [0.25, 0.3) is 0 Å². The fourth-order valence-corrected chi connectivity index (χ4v) is 4.00. The minimum absolute atomic E-state index is 0.000447. The van der Waals surface area contributed by atoms with Crippen molar-refractivity contribution in [3.63, 3.8) is 0 Å². The molecule has 2 saturated carbocycles. The second kappa shape index (κ2) is 9.78. The number of halogens is 3. The van der Waals surface area contributed by atoms with E-state index in [-0.39, 0.29) is 23.8 Å². The molecule has 2 aliphatic rings. The minimum atomic E-state index is -4.32. The molecule has 1 heterocycles. The van der Waals surface area contributed by atoms with Crippen molar-refractivity contribution in [2.45, 2.75) is 81.8 Å². The Morgan fingerprint density at radius 2 is 1.90 bits per heavy atom. The number of rotatable bonds is 7. The number of nitrogens with zero attached hydrogens (tertiary/aromatic N) is 2. The molecule has 1 aromatic heterocycles. The number of alkyl halides is 3. The summed E-state index contributed by atoms with van der Waals surface area (Å²) in [6.45, 7) is -1.22. The van der Waals surface area contributed by atoms with Crippen LogP contribution in [0.2, 0.25) is 0 Å². The van der Waals surface area contributed by atoms with E-state index in [1.165, 1.54) is 6.20 Å². The van der Waals surface area contributed by atoms with Gasteiger partial charge >= 0.3 is 6.18 Å². The number of primary amides is 1. The molecule has 0 spiro atoms. The summed E-state index contributed by atoms with van der Waals surface area (Å²) in [4.78, 5) is 20.3. The van der Waals surface area contributed by atoms with Gasteiger partial charge in [-0.15, -0.1) is 0 Å². The van der Waals surface area contributed by atoms with Crippen LogP contribution in [-0.4, -0.2) is 58.1 Å². The SMILES string of the molecule is NC(=O)c1cnc(NC2CCC(OCC(F)(F)F)CC2)nc1N[C@@H]1CCC[C@H](O)C1. The van der Waals surface area contributed by atoms with Gasteiger partial charge in [-0.3, -0.25) is 4.79 Å². The predicted molar refractivity (Wildman–Crippen MR) is 104 cm³/mol. The highest BCUT2D eigenvalue weighted by Crippen LogP contribution is 2.27. The molecule has 3 rings (SSSR count). The van der Waals surface area contributed by atoms with Crippen molar-refractivity contribution >= 4 is 17.7 Å². The summed E-state index contributed by atoms with van der Waals surface area (Å²) < 4.78 is 41.8. The van der Waals surface area contributed by atoms with Gasteiger partial charge in [-0.05, 0) is 51.4 Å². The number of aromatic nitrogens is 2. The molecular weight excluding hydrogens is 403 g/mol. The van der Waals surface area contributed by atoms with Gasteiger partial charge in [0.2, 0.25) is 5.95 Å². The Labute approximate surface area is 172 Å². The van der Waals surface area contributed by atoms with Gasteiger partial charge in [0.15, 0.2) is 0 Å². The molecule has 0 aliphatic heterocycles. The number of anilines is 2. The van der Waals surface area contributed by atoms with Gasteiger partial charge in [-0.1, -0.05) is 0 Å². The molecule has 2 aliphatic carbocycles. The zero-order chi connectivity index (χ0) is 21.7. The quantitative estimate of drug-likeness (QED) is 0.523. The summed E-state index contributed by atoms with van der Waals surface area (Å²) in [5.41, 5.74) is 5.60. The van der Waals surface area contributed by atoms with E-state index in [0.717, 1.165) is 19.3 Å². The highest BCUT2D eigenvalue weighted by atomic mass is 19.4. The standard InChI is InChI=1S/C19H28F3N5O3/c20-19(21,22)10-30-14-6-4-11(5-7-14)26-18-24-9-15(16(23)29)17(27-18)25-12-2-1-3-13(28)8-12/h9,11-14,28H,1-8,10H2,(H2,23,29)(H2,24,25,26,27)/t11?,12-,13+,14?/m1/s1. The van der Waals surface area contributed by atoms with Crippen molar-refractivity contribution in [2.75, 3.05) is 17.2 Å². The monoisotopic (exact) mass is 431 g/mol. The molecule has 0 radical (unpaired) electrons. The molecule has 0 unspecified atom stereocenters. The summed E-state index contributed by atoms with van der Waals surface area (Å²) in [5.74, 6) is -0.0115. The van der Waals surface area contributed by atoms with Crippen LogP contribution in [-0.2, 0) is 4.74 Å². The number of nitrogens with two attached hydrogens (primary N) is 1. The number of hydrogen-bond donors (Lipinski definition) is 4. The van der Waals surface area contributed by atoms with Crippen LogP contribution in [0, 0.1) is 0 Å². The Morgan fingerprint density at radius 1 is 1.17 bits per heavy atom. The first-order chi connectivity index (χ1) is 14.2. The Kier molecular flexibility index (Phi) is 7.35. The molecule has 30 heavy (non-hydrogen) atoms. The lowest BCUT2D eigenvalue weighted by atomic mass is 9.93. The Hall–Kier alpha value is -2.14. The number of nitrogens with one attached hydrogen (secondary N) is 2. The Bertz CT molecular complexity index is 726. The van der Waals surface area contributed by atoms with E-state index in [0.29, 0.717) is 43.9 Å². The third-order valence-electron chi connectivity index (χ3n) is 5.53. The second-order valence-corrected chi connectivity index (χ2v) is 8.03. The highest BCUT2D eigenvalue weighted by molar-refractivity contribution is 5.97. The van der Waals surface area contributed by atoms with Crippen molar-refractivity contribution in [1.29, 1.82) is 0 Å². The zero-order valence-electron chi connectivity index (χ0n) is 16.6. The maximum atomic E-state index is 12.3. The van der Waals surface area contributed by atoms with Crippen LogP contribution < -0.4 is 16.4 Å². The Morgan fingerprint density at radius 3 is 2.53 bits per heavy atom. The molecule has 1 amide bonds. The molecular formula is C19H28F3N5O3. The summed E-state index contributed by atoms with van der Waals surface area (Å²) >= 11 is 0. The zero-order valence-corrected chi connectivity index (χ0v) is 16.6. The van der Waals surface area contributed by atoms with Crippen LogP contribution in [0.1, 0.15) is 61.7 Å². The molecule has 11 heteroatoms. The van der Waals surface area contributed by atoms with E-state index in [1.54, 1.807) is 0 Å².